The Balaban J connectivity index is 1.68. The molecule has 0 bridgehead atoms. The largest absolute Gasteiger partial charge is 0.477 e. The van der Waals surface area contributed by atoms with Crippen molar-refractivity contribution in [3.8, 4) is 5.75 Å². The van der Waals surface area contributed by atoms with Gasteiger partial charge in [-0.3, -0.25) is 0 Å². The summed E-state index contributed by atoms with van der Waals surface area (Å²) in [5, 5.41) is 12.2. The Bertz CT molecular complexity index is 757. The van der Waals surface area contributed by atoms with Gasteiger partial charge in [-0.15, -0.1) is 0 Å². The van der Waals surface area contributed by atoms with Crippen LogP contribution in [0.15, 0.2) is 42.5 Å². The van der Waals surface area contributed by atoms with Gasteiger partial charge >= 0.3 is 12.6 Å². The summed E-state index contributed by atoms with van der Waals surface area (Å²) < 4.78 is 29.7. The molecule has 25 heavy (non-hydrogen) atoms. The van der Waals surface area contributed by atoms with Gasteiger partial charge in [0, 0.05) is 19.1 Å². The van der Waals surface area contributed by atoms with E-state index in [0.29, 0.717) is 24.6 Å². The Hall–Kier alpha value is -2.90. The lowest BCUT2D eigenvalue weighted by Crippen LogP contribution is -2.27. The fourth-order valence-corrected chi connectivity index (χ4v) is 2.85. The second-order valence-corrected chi connectivity index (χ2v) is 5.64. The number of alkyl halides is 2. The maximum Gasteiger partial charge on any atom is 0.387 e. The summed E-state index contributed by atoms with van der Waals surface area (Å²) >= 11 is 0. The third-order valence-corrected chi connectivity index (χ3v) is 3.93. The molecule has 1 aliphatic rings. The van der Waals surface area contributed by atoms with Crippen molar-refractivity contribution in [2.45, 2.75) is 19.1 Å². The van der Waals surface area contributed by atoms with Gasteiger partial charge in [-0.25, -0.2) is 9.78 Å². The molecule has 3 rings (SSSR count). The molecule has 0 saturated carbocycles. The number of para-hydroxylation sites is 2. The average molecular weight is 349 g/mol. The summed E-state index contributed by atoms with van der Waals surface area (Å²) in [6, 6.07) is 11.4. The summed E-state index contributed by atoms with van der Waals surface area (Å²) in [5.41, 5.74) is 0.579. The highest BCUT2D eigenvalue weighted by Gasteiger charge is 2.25. The first-order chi connectivity index (χ1) is 12.0. The SMILES string of the molecule is O=C(O)c1cccc(NC2CCN(c3ccccc3OC(F)F)C2)n1. The molecule has 0 spiro atoms. The van der Waals surface area contributed by atoms with Crippen molar-refractivity contribution in [1.82, 2.24) is 4.98 Å². The molecule has 2 heterocycles. The highest BCUT2D eigenvalue weighted by molar-refractivity contribution is 5.85. The van der Waals surface area contributed by atoms with Gasteiger partial charge in [-0.05, 0) is 30.7 Å². The molecule has 1 aliphatic heterocycles. The lowest BCUT2D eigenvalue weighted by Gasteiger charge is -2.22. The van der Waals surface area contributed by atoms with Crippen LogP contribution in [0.1, 0.15) is 16.9 Å². The number of hydrogen-bond acceptors (Lipinski definition) is 5. The Morgan fingerprint density at radius 3 is 2.84 bits per heavy atom. The number of nitrogens with zero attached hydrogens (tertiary/aromatic N) is 2. The van der Waals surface area contributed by atoms with Crippen LogP contribution in [0.5, 0.6) is 5.75 Å². The second kappa shape index (κ2) is 7.33. The van der Waals surface area contributed by atoms with E-state index in [1.807, 2.05) is 4.90 Å². The second-order valence-electron chi connectivity index (χ2n) is 5.64. The van der Waals surface area contributed by atoms with Gasteiger partial charge in [0.25, 0.3) is 0 Å². The van der Waals surface area contributed by atoms with Crippen LogP contribution in [0.4, 0.5) is 20.3 Å². The van der Waals surface area contributed by atoms with Crippen LogP contribution in [-0.2, 0) is 0 Å². The lowest BCUT2D eigenvalue weighted by atomic mass is 10.2. The summed E-state index contributed by atoms with van der Waals surface area (Å²) in [5.74, 6) is -0.470. The van der Waals surface area contributed by atoms with Crippen LogP contribution in [0.2, 0.25) is 0 Å². The van der Waals surface area contributed by atoms with Crippen LogP contribution in [-0.4, -0.2) is 41.8 Å². The lowest BCUT2D eigenvalue weighted by molar-refractivity contribution is -0.0495. The zero-order valence-corrected chi connectivity index (χ0v) is 13.2. The minimum Gasteiger partial charge on any atom is -0.477 e. The average Bonchev–Trinajstić information content (AvgIpc) is 3.03. The van der Waals surface area contributed by atoms with Crippen molar-refractivity contribution in [2.75, 3.05) is 23.3 Å². The summed E-state index contributed by atoms with van der Waals surface area (Å²) in [6.07, 6.45) is 0.766. The van der Waals surface area contributed by atoms with Gasteiger partial charge in [0.15, 0.2) is 5.69 Å². The molecule has 132 valence electrons. The minimum atomic E-state index is -2.87. The summed E-state index contributed by atoms with van der Waals surface area (Å²) in [7, 11) is 0. The first-order valence-electron chi connectivity index (χ1n) is 7.78. The number of pyridine rings is 1. The van der Waals surface area contributed by atoms with Crippen molar-refractivity contribution >= 4 is 17.5 Å². The van der Waals surface area contributed by atoms with Crippen molar-refractivity contribution in [3.63, 3.8) is 0 Å². The van der Waals surface area contributed by atoms with E-state index in [0.717, 1.165) is 6.42 Å². The van der Waals surface area contributed by atoms with Crippen LogP contribution >= 0.6 is 0 Å². The van der Waals surface area contributed by atoms with Gasteiger partial charge in [-0.1, -0.05) is 18.2 Å². The first kappa shape index (κ1) is 16.9. The highest BCUT2D eigenvalue weighted by atomic mass is 19.3. The number of aromatic carboxylic acids is 1. The molecule has 1 fully saturated rings. The van der Waals surface area contributed by atoms with Gasteiger partial charge < -0.3 is 20.1 Å². The van der Waals surface area contributed by atoms with E-state index in [4.69, 9.17) is 5.11 Å². The van der Waals surface area contributed by atoms with E-state index in [1.165, 1.54) is 12.1 Å². The summed E-state index contributed by atoms with van der Waals surface area (Å²) in [4.78, 5) is 17.0. The Labute approximate surface area is 143 Å². The van der Waals surface area contributed by atoms with Crippen LogP contribution in [0, 0.1) is 0 Å². The molecule has 0 aliphatic carbocycles. The molecule has 8 heteroatoms. The molecule has 2 N–H and O–H groups in total. The number of anilines is 2. The van der Waals surface area contributed by atoms with Crippen LogP contribution in [0.25, 0.3) is 0 Å². The molecule has 0 radical (unpaired) electrons. The number of carboxylic acid groups (broad SMARTS) is 1. The monoisotopic (exact) mass is 349 g/mol. The number of rotatable bonds is 6. The fourth-order valence-electron chi connectivity index (χ4n) is 2.85. The van der Waals surface area contributed by atoms with Crippen molar-refractivity contribution in [1.29, 1.82) is 0 Å². The predicted molar refractivity (Wildman–Crippen MR) is 88.5 cm³/mol. The maximum absolute atomic E-state index is 12.5. The molecule has 1 aromatic carbocycles. The topological polar surface area (TPSA) is 74.7 Å². The van der Waals surface area contributed by atoms with E-state index in [2.05, 4.69) is 15.0 Å². The Morgan fingerprint density at radius 2 is 2.08 bits per heavy atom. The van der Waals surface area contributed by atoms with Crippen molar-refractivity contribution in [2.24, 2.45) is 0 Å². The minimum absolute atomic E-state index is 0.0242. The number of benzene rings is 1. The molecule has 0 amide bonds. The molecular weight excluding hydrogens is 332 g/mol. The van der Waals surface area contributed by atoms with Crippen molar-refractivity contribution < 1.29 is 23.4 Å². The predicted octanol–water partition coefficient (Wildman–Crippen LogP) is 3.07. The first-order valence-corrected chi connectivity index (χ1v) is 7.78. The third-order valence-electron chi connectivity index (χ3n) is 3.93. The van der Waals surface area contributed by atoms with E-state index >= 15 is 0 Å². The molecule has 6 nitrogen and oxygen atoms in total. The van der Waals surface area contributed by atoms with Crippen LogP contribution < -0.4 is 15.0 Å². The smallest absolute Gasteiger partial charge is 0.387 e. The molecule has 1 atom stereocenters. The van der Waals surface area contributed by atoms with Gasteiger partial charge in [0.05, 0.1) is 5.69 Å². The Morgan fingerprint density at radius 1 is 1.28 bits per heavy atom. The normalized spacial score (nSPS) is 16.9. The maximum atomic E-state index is 12.5. The number of nitrogens with one attached hydrogen (secondary N) is 1. The van der Waals surface area contributed by atoms with Gasteiger partial charge in [0.2, 0.25) is 0 Å². The number of ether oxygens (including phenoxy) is 1. The number of aromatic nitrogens is 1. The molecule has 1 saturated heterocycles. The molecule has 1 unspecified atom stereocenters. The van der Waals surface area contributed by atoms with E-state index in [-0.39, 0.29) is 17.5 Å². The zero-order chi connectivity index (χ0) is 17.8. The highest BCUT2D eigenvalue weighted by Crippen LogP contribution is 2.32. The van der Waals surface area contributed by atoms with Crippen molar-refractivity contribution in [3.05, 3.63) is 48.2 Å². The number of halogens is 2. The van der Waals surface area contributed by atoms with Gasteiger partial charge in [-0.2, -0.15) is 8.78 Å². The fraction of sp³-hybridized carbons (Fsp3) is 0.294. The molecular formula is C17H17F2N3O3. The third kappa shape index (κ3) is 4.14. The number of hydrogen-bond donors (Lipinski definition) is 2. The van der Waals surface area contributed by atoms with Gasteiger partial charge in [0.1, 0.15) is 11.6 Å². The number of carboxylic acids is 1. The Kier molecular flexibility index (Phi) is 4.97. The van der Waals surface area contributed by atoms with Crippen LogP contribution in [0.3, 0.4) is 0 Å². The quantitative estimate of drug-likeness (QED) is 0.835. The van der Waals surface area contributed by atoms with E-state index < -0.39 is 12.6 Å². The summed E-state index contributed by atoms with van der Waals surface area (Å²) in [6.45, 7) is -1.64. The molecule has 1 aromatic heterocycles. The zero-order valence-electron chi connectivity index (χ0n) is 13.2. The van der Waals surface area contributed by atoms with E-state index in [9.17, 15) is 13.6 Å². The van der Waals surface area contributed by atoms with E-state index in [1.54, 1.807) is 30.3 Å². The standard InChI is InChI=1S/C17H17F2N3O3/c18-17(19)25-14-6-2-1-5-13(14)22-9-8-11(10-22)20-15-7-3-4-12(21-15)16(23)24/h1-7,11,17H,8-10H2,(H,20,21)(H,23,24). The molecule has 2 aromatic rings. The number of carbonyl (C=O) groups is 1.